The number of hydrogen-bond acceptors (Lipinski definition) is 3. The van der Waals surface area contributed by atoms with Gasteiger partial charge in [-0.05, 0) is 30.2 Å². The Morgan fingerprint density at radius 2 is 1.55 bits per heavy atom. The highest BCUT2D eigenvalue weighted by Gasteiger charge is 2.19. The molecular formula is C19H25N3. The maximum absolute atomic E-state index is 6.42. The summed E-state index contributed by atoms with van der Waals surface area (Å²) in [4.78, 5) is 4.94. The van der Waals surface area contributed by atoms with E-state index in [1.165, 1.54) is 16.8 Å². The summed E-state index contributed by atoms with van der Waals surface area (Å²) in [5, 5.41) is 0. The Balaban J connectivity index is 1.55. The lowest BCUT2D eigenvalue weighted by Gasteiger charge is -2.37. The lowest BCUT2D eigenvalue weighted by Crippen LogP contribution is -2.48. The predicted octanol–water partition coefficient (Wildman–Crippen LogP) is 2.82. The Morgan fingerprint density at radius 1 is 0.909 bits per heavy atom. The van der Waals surface area contributed by atoms with Gasteiger partial charge in [-0.1, -0.05) is 42.5 Å². The molecule has 0 saturated carbocycles. The Bertz CT molecular complexity index is 589. The molecule has 3 heteroatoms. The summed E-state index contributed by atoms with van der Waals surface area (Å²) in [5.41, 5.74) is 10.3. The number of piperazine rings is 1. The van der Waals surface area contributed by atoms with Crippen LogP contribution in [0.3, 0.4) is 0 Å². The molecule has 3 rings (SSSR count). The first kappa shape index (κ1) is 15.1. The second kappa shape index (κ2) is 6.95. The molecule has 3 nitrogen and oxygen atoms in total. The first-order valence-corrected chi connectivity index (χ1v) is 8.07. The number of nitrogens with zero attached hydrogens (tertiary/aromatic N) is 2. The number of para-hydroxylation sites is 1. The van der Waals surface area contributed by atoms with Crippen molar-refractivity contribution in [2.24, 2.45) is 5.73 Å². The van der Waals surface area contributed by atoms with Crippen LogP contribution in [-0.2, 0) is 0 Å². The van der Waals surface area contributed by atoms with E-state index in [2.05, 4.69) is 71.3 Å². The van der Waals surface area contributed by atoms with E-state index in [-0.39, 0.29) is 6.04 Å². The zero-order valence-electron chi connectivity index (χ0n) is 13.3. The zero-order valence-corrected chi connectivity index (χ0v) is 13.3. The molecule has 2 N–H and O–H groups in total. The first-order valence-electron chi connectivity index (χ1n) is 8.07. The van der Waals surface area contributed by atoms with Gasteiger partial charge in [0.1, 0.15) is 0 Å². The van der Waals surface area contributed by atoms with Crippen molar-refractivity contribution >= 4 is 5.69 Å². The topological polar surface area (TPSA) is 32.5 Å². The molecule has 116 valence electrons. The summed E-state index contributed by atoms with van der Waals surface area (Å²) in [5.74, 6) is 0. The molecule has 0 spiro atoms. The monoisotopic (exact) mass is 295 g/mol. The van der Waals surface area contributed by atoms with Crippen LogP contribution in [0.15, 0.2) is 54.6 Å². The minimum Gasteiger partial charge on any atom is -0.369 e. The van der Waals surface area contributed by atoms with Gasteiger partial charge in [-0.2, -0.15) is 0 Å². The van der Waals surface area contributed by atoms with Crippen LogP contribution in [0.2, 0.25) is 0 Å². The van der Waals surface area contributed by atoms with Gasteiger partial charge in [-0.3, -0.25) is 4.90 Å². The number of aryl methyl sites for hydroxylation is 1. The minimum atomic E-state index is 0.101. The summed E-state index contributed by atoms with van der Waals surface area (Å²) < 4.78 is 0. The van der Waals surface area contributed by atoms with Crippen LogP contribution in [0.25, 0.3) is 0 Å². The molecule has 2 aromatic carbocycles. The quantitative estimate of drug-likeness (QED) is 0.941. The third kappa shape index (κ3) is 3.49. The Hall–Kier alpha value is -1.84. The molecule has 1 fully saturated rings. The molecule has 0 bridgehead atoms. The molecule has 0 amide bonds. The van der Waals surface area contributed by atoms with Crippen LogP contribution in [-0.4, -0.2) is 37.6 Å². The number of nitrogens with two attached hydrogens (primary N) is 1. The van der Waals surface area contributed by atoms with Crippen molar-refractivity contribution in [2.75, 3.05) is 37.6 Å². The fourth-order valence-electron chi connectivity index (χ4n) is 3.21. The highest BCUT2D eigenvalue weighted by Crippen LogP contribution is 2.19. The van der Waals surface area contributed by atoms with E-state index in [4.69, 9.17) is 5.73 Å². The predicted molar refractivity (Wildman–Crippen MR) is 93.2 cm³/mol. The molecule has 1 unspecified atom stereocenters. The van der Waals surface area contributed by atoms with Crippen LogP contribution >= 0.6 is 0 Å². The third-order valence-electron chi connectivity index (χ3n) is 4.54. The molecule has 2 aromatic rings. The maximum atomic E-state index is 6.42. The van der Waals surface area contributed by atoms with Crippen molar-refractivity contribution in [1.29, 1.82) is 0 Å². The fourth-order valence-corrected chi connectivity index (χ4v) is 3.21. The molecule has 22 heavy (non-hydrogen) atoms. The van der Waals surface area contributed by atoms with E-state index in [9.17, 15) is 0 Å². The average Bonchev–Trinajstić information content (AvgIpc) is 2.57. The molecule has 1 heterocycles. The molecule has 1 atom stereocenters. The molecule has 1 aliphatic rings. The summed E-state index contributed by atoms with van der Waals surface area (Å²) in [6, 6.07) is 19.2. The van der Waals surface area contributed by atoms with Crippen molar-refractivity contribution in [2.45, 2.75) is 13.0 Å². The van der Waals surface area contributed by atoms with E-state index in [0.717, 1.165) is 32.7 Å². The summed E-state index contributed by atoms with van der Waals surface area (Å²) in [6.07, 6.45) is 0. The fraction of sp³-hybridized carbons (Fsp3) is 0.368. The number of rotatable bonds is 4. The first-order chi connectivity index (χ1) is 10.7. The number of hydrogen-bond donors (Lipinski definition) is 1. The van der Waals surface area contributed by atoms with Gasteiger partial charge in [-0.15, -0.1) is 0 Å². The Morgan fingerprint density at radius 3 is 2.23 bits per heavy atom. The Labute approximate surface area is 133 Å². The van der Waals surface area contributed by atoms with Gasteiger partial charge in [0.2, 0.25) is 0 Å². The maximum Gasteiger partial charge on any atom is 0.0426 e. The van der Waals surface area contributed by atoms with E-state index in [1.807, 2.05) is 0 Å². The van der Waals surface area contributed by atoms with Crippen LogP contribution in [0.1, 0.15) is 17.2 Å². The van der Waals surface area contributed by atoms with Gasteiger partial charge in [0, 0.05) is 44.5 Å². The molecule has 1 aliphatic heterocycles. The van der Waals surface area contributed by atoms with Gasteiger partial charge in [-0.25, -0.2) is 0 Å². The van der Waals surface area contributed by atoms with E-state index in [0.29, 0.717) is 0 Å². The van der Waals surface area contributed by atoms with E-state index >= 15 is 0 Å². The molecule has 0 aromatic heterocycles. The zero-order chi connectivity index (χ0) is 15.4. The van der Waals surface area contributed by atoms with Crippen LogP contribution < -0.4 is 10.6 Å². The van der Waals surface area contributed by atoms with Gasteiger partial charge >= 0.3 is 0 Å². The highest BCUT2D eigenvalue weighted by molar-refractivity contribution is 5.46. The van der Waals surface area contributed by atoms with Crippen molar-refractivity contribution in [3.63, 3.8) is 0 Å². The second-order valence-electron chi connectivity index (χ2n) is 6.09. The highest BCUT2D eigenvalue weighted by atomic mass is 15.3. The van der Waals surface area contributed by atoms with E-state index < -0.39 is 0 Å². The molecule has 0 radical (unpaired) electrons. The summed E-state index contributed by atoms with van der Waals surface area (Å²) >= 11 is 0. The average molecular weight is 295 g/mol. The van der Waals surface area contributed by atoms with E-state index in [1.54, 1.807) is 0 Å². The van der Waals surface area contributed by atoms with Crippen molar-refractivity contribution in [3.8, 4) is 0 Å². The lowest BCUT2D eigenvalue weighted by atomic mass is 10.0. The van der Waals surface area contributed by atoms with Crippen LogP contribution in [0.5, 0.6) is 0 Å². The van der Waals surface area contributed by atoms with Crippen LogP contribution in [0.4, 0.5) is 5.69 Å². The van der Waals surface area contributed by atoms with Crippen LogP contribution in [0, 0.1) is 6.92 Å². The van der Waals surface area contributed by atoms with Crippen molar-refractivity contribution in [3.05, 3.63) is 65.7 Å². The van der Waals surface area contributed by atoms with Gasteiger partial charge in [0.15, 0.2) is 0 Å². The smallest absolute Gasteiger partial charge is 0.0426 e. The Kier molecular flexibility index (Phi) is 4.76. The van der Waals surface area contributed by atoms with Gasteiger partial charge in [0.25, 0.3) is 0 Å². The standard InChI is InChI=1S/C19H25N3/c1-16-7-5-6-10-18(16)19(20)15-21-11-13-22(14-12-21)17-8-3-2-4-9-17/h2-10,19H,11-15,20H2,1H3. The summed E-state index contributed by atoms with van der Waals surface area (Å²) in [7, 11) is 0. The van der Waals surface area contributed by atoms with Gasteiger partial charge in [0.05, 0.1) is 0 Å². The lowest BCUT2D eigenvalue weighted by molar-refractivity contribution is 0.243. The third-order valence-corrected chi connectivity index (χ3v) is 4.54. The van der Waals surface area contributed by atoms with Crippen molar-refractivity contribution in [1.82, 2.24) is 4.90 Å². The normalized spacial score (nSPS) is 17.5. The van der Waals surface area contributed by atoms with Gasteiger partial charge < -0.3 is 10.6 Å². The SMILES string of the molecule is Cc1ccccc1C(N)CN1CCN(c2ccccc2)CC1. The minimum absolute atomic E-state index is 0.101. The largest absolute Gasteiger partial charge is 0.369 e. The number of anilines is 1. The number of benzene rings is 2. The summed E-state index contributed by atoms with van der Waals surface area (Å²) in [6.45, 7) is 7.38. The molecular weight excluding hydrogens is 270 g/mol. The molecule has 1 saturated heterocycles. The van der Waals surface area contributed by atoms with Crippen molar-refractivity contribution < 1.29 is 0 Å². The second-order valence-corrected chi connectivity index (χ2v) is 6.09. The molecule has 0 aliphatic carbocycles.